The summed E-state index contributed by atoms with van der Waals surface area (Å²) in [7, 11) is 0. The minimum atomic E-state index is -0.888. The molecule has 86 valence electrons. The number of nitrogens with zero attached hydrogens (tertiary/aromatic N) is 1. The predicted octanol–water partition coefficient (Wildman–Crippen LogP) is 1.30. The van der Waals surface area contributed by atoms with Crippen LogP contribution in [-0.4, -0.2) is 41.4 Å². The van der Waals surface area contributed by atoms with Gasteiger partial charge in [-0.1, -0.05) is 6.42 Å². The first-order valence-corrected chi connectivity index (χ1v) is 5.64. The molecule has 0 saturated carbocycles. The highest BCUT2D eigenvalue weighted by Crippen LogP contribution is 2.09. The van der Waals surface area contributed by atoms with E-state index in [4.69, 9.17) is 5.11 Å². The zero-order valence-electron chi connectivity index (χ0n) is 9.07. The van der Waals surface area contributed by atoms with Crippen molar-refractivity contribution < 1.29 is 14.7 Å². The van der Waals surface area contributed by atoms with Gasteiger partial charge in [-0.3, -0.25) is 9.59 Å². The van der Waals surface area contributed by atoms with E-state index in [-0.39, 0.29) is 18.6 Å². The Labute approximate surface area is 90.3 Å². The van der Waals surface area contributed by atoms with Crippen LogP contribution in [0.25, 0.3) is 0 Å². The van der Waals surface area contributed by atoms with Crippen molar-refractivity contribution in [3.63, 3.8) is 0 Å². The summed E-state index contributed by atoms with van der Waals surface area (Å²) in [6.07, 6.45) is 4.41. The quantitative estimate of drug-likeness (QED) is 0.722. The van der Waals surface area contributed by atoms with Crippen LogP contribution in [0.1, 0.15) is 38.5 Å². The Morgan fingerprint density at radius 2 is 1.67 bits per heavy atom. The summed E-state index contributed by atoms with van der Waals surface area (Å²) in [5.41, 5.74) is 0. The van der Waals surface area contributed by atoms with E-state index >= 15 is 0 Å². The molecule has 15 heavy (non-hydrogen) atoms. The third kappa shape index (κ3) is 5.52. The number of ketones is 1. The first-order valence-electron chi connectivity index (χ1n) is 5.64. The molecule has 0 aromatic rings. The number of carbonyl (C=O) groups is 2. The SMILES string of the molecule is O=C(O)CCC(=O)CCN1CCCCC1. The highest BCUT2D eigenvalue weighted by molar-refractivity contribution is 5.82. The number of piperidine rings is 1. The molecule has 0 spiro atoms. The summed E-state index contributed by atoms with van der Waals surface area (Å²) in [6.45, 7) is 2.98. The molecule has 4 nitrogen and oxygen atoms in total. The van der Waals surface area contributed by atoms with Crippen LogP contribution in [0, 0.1) is 0 Å². The van der Waals surface area contributed by atoms with Gasteiger partial charge in [0.2, 0.25) is 0 Å². The molecule has 1 rings (SSSR count). The van der Waals surface area contributed by atoms with E-state index in [0.717, 1.165) is 19.6 Å². The van der Waals surface area contributed by atoms with E-state index in [1.807, 2.05) is 0 Å². The second kappa shape index (κ2) is 6.56. The maximum absolute atomic E-state index is 11.3. The van der Waals surface area contributed by atoms with Crippen LogP contribution in [0.4, 0.5) is 0 Å². The second-order valence-corrected chi connectivity index (χ2v) is 4.08. The number of hydrogen-bond donors (Lipinski definition) is 1. The van der Waals surface area contributed by atoms with Crippen molar-refractivity contribution in [3.8, 4) is 0 Å². The van der Waals surface area contributed by atoms with E-state index in [1.165, 1.54) is 19.3 Å². The van der Waals surface area contributed by atoms with Gasteiger partial charge in [-0.25, -0.2) is 0 Å². The highest BCUT2D eigenvalue weighted by atomic mass is 16.4. The first kappa shape index (κ1) is 12.2. The number of carboxylic acid groups (broad SMARTS) is 1. The van der Waals surface area contributed by atoms with Gasteiger partial charge in [-0.2, -0.15) is 0 Å². The fourth-order valence-electron chi connectivity index (χ4n) is 1.84. The number of carbonyl (C=O) groups excluding carboxylic acids is 1. The van der Waals surface area contributed by atoms with Crippen LogP contribution in [0.5, 0.6) is 0 Å². The topological polar surface area (TPSA) is 57.6 Å². The van der Waals surface area contributed by atoms with E-state index in [0.29, 0.717) is 6.42 Å². The standard InChI is InChI=1S/C11H19NO3/c13-10(4-5-11(14)15)6-9-12-7-2-1-3-8-12/h1-9H2,(H,14,15). The molecule has 0 aliphatic carbocycles. The number of aliphatic carboxylic acids is 1. The molecule has 1 aliphatic heterocycles. The number of carboxylic acids is 1. The summed E-state index contributed by atoms with van der Waals surface area (Å²) in [6, 6.07) is 0. The average molecular weight is 213 g/mol. The smallest absolute Gasteiger partial charge is 0.303 e. The zero-order valence-corrected chi connectivity index (χ0v) is 9.07. The highest BCUT2D eigenvalue weighted by Gasteiger charge is 2.12. The Kier molecular flexibility index (Phi) is 5.32. The number of likely N-dealkylation sites (tertiary alicyclic amines) is 1. The molecule has 0 radical (unpaired) electrons. The molecule has 0 bridgehead atoms. The minimum Gasteiger partial charge on any atom is -0.481 e. The first-order chi connectivity index (χ1) is 7.18. The number of Topliss-reactive ketones (excluding diaryl/α,β-unsaturated/α-hetero) is 1. The Morgan fingerprint density at radius 3 is 2.27 bits per heavy atom. The molecular formula is C11H19NO3. The lowest BCUT2D eigenvalue weighted by Gasteiger charge is -2.25. The molecule has 0 aromatic heterocycles. The Balaban J connectivity index is 2.07. The molecular weight excluding hydrogens is 194 g/mol. The zero-order chi connectivity index (χ0) is 11.1. The van der Waals surface area contributed by atoms with Crippen LogP contribution in [0.2, 0.25) is 0 Å². The van der Waals surface area contributed by atoms with Gasteiger partial charge in [0.1, 0.15) is 5.78 Å². The van der Waals surface area contributed by atoms with Crippen LogP contribution in [0.3, 0.4) is 0 Å². The molecule has 1 saturated heterocycles. The number of hydrogen-bond acceptors (Lipinski definition) is 3. The minimum absolute atomic E-state index is 0.0289. The van der Waals surface area contributed by atoms with Gasteiger partial charge in [0.05, 0.1) is 6.42 Å². The third-order valence-electron chi connectivity index (χ3n) is 2.77. The maximum Gasteiger partial charge on any atom is 0.303 e. The van der Waals surface area contributed by atoms with E-state index in [1.54, 1.807) is 0 Å². The summed E-state index contributed by atoms with van der Waals surface area (Å²) in [5, 5.41) is 8.42. The second-order valence-electron chi connectivity index (χ2n) is 4.08. The molecule has 1 N–H and O–H groups in total. The van der Waals surface area contributed by atoms with Crippen molar-refractivity contribution in [2.45, 2.75) is 38.5 Å². The molecule has 1 fully saturated rings. The van der Waals surface area contributed by atoms with E-state index in [9.17, 15) is 9.59 Å². The lowest BCUT2D eigenvalue weighted by Crippen LogP contribution is -2.31. The molecule has 1 heterocycles. The van der Waals surface area contributed by atoms with Gasteiger partial charge in [-0.05, 0) is 25.9 Å². The molecule has 0 aromatic carbocycles. The molecule has 1 aliphatic rings. The lowest BCUT2D eigenvalue weighted by molar-refractivity contribution is -0.138. The number of rotatable bonds is 6. The van der Waals surface area contributed by atoms with E-state index in [2.05, 4.69) is 4.90 Å². The van der Waals surface area contributed by atoms with Gasteiger partial charge in [0.25, 0.3) is 0 Å². The van der Waals surface area contributed by atoms with Gasteiger partial charge in [0, 0.05) is 19.4 Å². The monoisotopic (exact) mass is 213 g/mol. The molecule has 0 atom stereocenters. The van der Waals surface area contributed by atoms with Crippen molar-refractivity contribution in [3.05, 3.63) is 0 Å². The third-order valence-corrected chi connectivity index (χ3v) is 2.77. The molecule has 0 amide bonds. The van der Waals surface area contributed by atoms with E-state index < -0.39 is 5.97 Å². The summed E-state index contributed by atoms with van der Waals surface area (Å²) in [5.74, 6) is -0.815. The maximum atomic E-state index is 11.3. The van der Waals surface area contributed by atoms with Crippen molar-refractivity contribution in [1.29, 1.82) is 0 Å². The average Bonchev–Trinajstić information content (AvgIpc) is 2.25. The Morgan fingerprint density at radius 1 is 1.00 bits per heavy atom. The van der Waals surface area contributed by atoms with Crippen molar-refractivity contribution >= 4 is 11.8 Å². The van der Waals surface area contributed by atoms with Gasteiger partial charge < -0.3 is 10.0 Å². The van der Waals surface area contributed by atoms with Gasteiger partial charge in [-0.15, -0.1) is 0 Å². The summed E-state index contributed by atoms with van der Waals surface area (Å²) in [4.78, 5) is 23.8. The van der Waals surface area contributed by atoms with Crippen molar-refractivity contribution in [2.75, 3.05) is 19.6 Å². The lowest BCUT2D eigenvalue weighted by atomic mass is 10.1. The Hall–Kier alpha value is -0.900. The largest absolute Gasteiger partial charge is 0.481 e. The fourth-order valence-corrected chi connectivity index (χ4v) is 1.84. The molecule has 4 heteroatoms. The summed E-state index contributed by atoms with van der Waals surface area (Å²) >= 11 is 0. The van der Waals surface area contributed by atoms with Gasteiger partial charge in [0.15, 0.2) is 0 Å². The van der Waals surface area contributed by atoms with Crippen LogP contribution >= 0.6 is 0 Å². The van der Waals surface area contributed by atoms with Crippen molar-refractivity contribution in [1.82, 2.24) is 4.90 Å². The Bertz CT molecular complexity index is 222. The van der Waals surface area contributed by atoms with Gasteiger partial charge >= 0.3 is 5.97 Å². The summed E-state index contributed by atoms with van der Waals surface area (Å²) < 4.78 is 0. The van der Waals surface area contributed by atoms with Crippen LogP contribution in [-0.2, 0) is 9.59 Å². The van der Waals surface area contributed by atoms with Crippen LogP contribution < -0.4 is 0 Å². The van der Waals surface area contributed by atoms with Crippen molar-refractivity contribution in [2.24, 2.45) is 0 Å². The normalized spacial score (nSPS) is 17.6. The van der Waals surface area contributed by atoms with Crippen LogP contribution in [0.15, 0.2) is 0 Å². The molecule has 0 unspecified atom stereocenters. The predicted molar refractivity (Wildman–Crippen MR) is 56.8 cm³/mol. The fraction of sp³-hybridized carbons (Fsp3) is 0.818.